The number of aryl methyl sites for hydroxylation is 1. The standard InChI is InChI=1S/C24H18FN5O3/c1-14-21(15-3-7-17(25)8-4-15)22-26-13-19-20(30(22)27-14)11-12-29(24(19)32)28-23(31)16-5-9-18(33-2)10-6-16/h3-13H,1-2H3,(H,28,31). The molecule has 0 aliphatic carbocycles. The van der Waals surface area contributed by atoms with E-state index in [0.29, 0.717) is 28.2 Å². The minimum absolute atomic E-state index is 0.285. The van der Waals surface area contributed by atoms with Gasteiger partial charge in [0.25, 0.3) is 11.5 Å². The zero-order valence-corrected chi connectivity index (χ0v) is 17.7. The van der Waals surface area contributed by atoms with Crippen molar-refractivity contribution in [1.29, 1.82) is 0 Å². The van der Waals surface area contributed by atoms with Gasteiger partial charge in [-0.3, -0.25) is 15.0 Å². The van der Waals surface area contributed by atoms with Gasteiger partial charge in [-0.2, -0.15) is 5.10 Å². The average Bonchev–Trinajstić information content (AvgIpc) is 3.17. The van der Waals surface area contributed by atoms with Crippen LogP contribution in [0.4, 0.5) is 4.39 Å². The lowest BCUT2D eigenvalue weighted by molar-refractivity contribution is 0.101. The molecule has 2 aromatic carbocycles. The Hall–Kier alpha value is -4.53. The smallest absolute Gasteiger partial charge is 0.280 e. The zero-order chi connectivity index (χ0) is 23.1. The van der Waals surface area contributed by atoms with E-state index in [0.717, 1.165) is 15.8 Å². The highest BCUT2D eigenvalue weighted by atomic mass is 19.1. The highest BCUT2D eigenvalue weighted by molar-refractivity contribution is 6.00. The summed E-state index contributed by atoms with van der Waals surface area (Å²) >= 11 is 0. The number of benzene rings is 2. The molecular formula is C24H18FN5O3. The summed E-state index contributed by atoms with van der Waals surface area (Å²) in [5.74, 6) is -0.149. The van der Waals surface area contributed by atoms with Crippen LogP contribution in [-0.4, -0.2) is 32.3 Å². The van der Waals surface area contributed by atoms with Crippen LogP contribution in [0.5, 0.6) is 5.75 Å². The monoisotopic (exact) mass is 443 g/mol. The molecule has 0 aliphatic heterocycles. The number of methoxy groups -OCH3 is 1. The maximum absolute atomic E-state index is 13.4. The molecule has 5 aromatic rings. The van der Waals surface area contributed by atoms with Gasteiger partial charge in [-0.25, -0.2) is 18.6 Å². The molecule has 164 valence electrons. The van der Waals surface area contributed by atoms with Gasteiger partial charge in [-0.05, 0) is 55.0 Å². The summed E-state index contributed by atoms with van der Waals surface area (Å²) in [6, 6.07) is 14.3. The first-order valence-electron chi connectivity index (χ1n) is 10.1. The van der Waals surface area contributed by atoms with Gasteiger partial charge >= 0.3 is 0 Å². The van der Waals surface area contributed by atoms with Gasteiger partial charge in [-0.15, -0.1) is 0 Å². The van der Waals surface area contributed by atoms with Crippen LogP contribution in [0, 0.1) is 12.7 Å². The molecule has 0 saturated heterocycles. The predicted octanol–water partition coefficient (Wildman–Crippen LogP) is 3.55. The van der Waals surface area contributed by atoms with Gasteiger partial charge in [-0.1, -0.05) is 12.1 Å². The first-order chi connectivity index (χ1) is 16.0. The van der Waals surface area contributed by atoms with Crippen LogP contribution in [0.3, 0.4) is 0 Å². The van der Waals surface area contributed by atoms with E-state index in [1.807, 2.05) is 6.92 Å². The molecule has 3 heterocycles. The SMILES string of the molecule is COc1ccc(C(=O)Nn2ccc3c(cnc4c(-c5ccc(F)cc5)c(C)nn43)c2=O)cc1. The van der Waals surface area contributed by atoms with Gasteiger partial charge in [0.1, 0.15) is 11.6 Å². The van der Waals surface area contributed by atoms with Crippen LogP contribution in [0.15, 0.2) is 71.8 Å². The lowest BCUT2D eigenvalue weighted by atomic mass is 10.1. The van der Waals surface area contributed by atoms with E-state index in [1.54, 1.807) is 54.1 Å². The number of ether oxygens (including phenoxy) is 1. The molecule has 5 rings (SSSR count). The number of pyridine rings is 1. The van der Waals surface area contributed by atoms with Gasteiger partial charge in [0.2, 0.25) is 0 Å². The topological polar surface area (TPSA) is 90.5 Å². The lowest BCUT2D eigenvalue weighted by Crippen LogP contribution is -2.32. The van der Waals surface area contributed by atoms with Gasteiger partial charge in [0.05, 0.1) is 23.7 Å². The number of rotatable bonds is 4. The maximum atomic E-state index is 13.4. The number of nitrogens with one attached hydrogen (secondary N) is 1. The maximum Gasteiger partial charge on any atom is 0.280 e. The zero-order valence-electron chi connectivity index (χ0n) is 17.7. The molecule has 33 heavy (non-hydrogen) atoms. The first kappa shape index (κ1) is 20.4. The summed E-state index contributed by atoms with van der Waals surface area (Å²) in [6.07, 6.45) is 2.93. The third-order valence-corrected chi connectivity index (χ3v) is 5.39. The van der Waals surface area contributed by atoms with Crippen molar-refractivity contribution >= 4 is 22.5 Å². The van der Waals surface area contributed by atoms with Crippen molar-refractivity contribution in [1.82, 2.24) is 19.3 Å². The summed E-state index contributed by atoms with van der Waals surface area (Å²) in [4.78, 5) is 30.1. The molecule has 0 atom stereocenters. The highest BCUT2D eigenvalue weighted by Crippen LogP contribution is 2.28. The lowest BCUT2D eigenvalue weighted by Gasteiger charge is -2.10. The molecule has 0 aliphatic rings. The number of halogens is 1. The molecule has 0 spiro atoms. The Labute approximate surface area is 186 Å². The third kappa shape index (κ3) is 3.49. The summed E-state index contributed by atoms with van der Waals surface area (Å²) < 4.78 is 21.1. The summed E-state index contributed by atoms with van der Waals surface area (Å²) in [5, 5.41) is 4.83. The van der Waals surface area contributed by atoms with Crippen molar-refractivity contribution in [2.45, 2.75) is 6.92 Å². The number of hydrogen-bond donors (Lipinski definition) is 1. The van der Waals surface area contributed by atoms with E-state index in [-0.39, 0.29) is 11.2 Å². The third-order valence-electron chi connectivity index (χ3n) is 5.39. The summed E-state index contributed by atoms with van der Waals surface area (Å²) in [6.45, 7) is 1.83. The molecule has 9 heteroatoms. The molecule has 1 N–H and O–H groups in total. The van der Waals surface area contributed by atoms with E-state index in [9.17, 15) is 14.0 Å². The van der Waals surface area contributed by atoms with E-state index in [1.165, 1.54) is 24.5 Å². The van der Waals surface area contributed by atoms with Crippen LogP contribution in [0.25, 0.3) is 27.7 Å². The van der Waals surface area contributed by atoms with Crippen LogP contribution >= 0.6 is 0 Å². The second kappa shape index (κ2) is 7.86. The summed E-state index contributed by atoms with van der Waals surface area (Å²) in [7, 11) is 1.54. The van der Waals surface area contributed by atoms with E-state index in [4.69, 9.17) is 4.74 Å². The predicted molar refractivity (Wildman–Crippen MR) is 122 cm³/mol. The molecule has 8 nitrogen and oxygen atoms in total. The second-order valence-corrected chi connectivity index (χ2v) is 7.42. The fourth-order valence-electron chi connectivity index (χ4n) is 3.73. The Morgan fingerprint density at radius 2 is 1.79 bits per heavy atom. The number of aromatic nitrogens is 4. The van der Waals surface area contributed by atoms with Crippen LogP contribution in [0.1, 0.15) is 16.1 Å². The Morgan fingerprint density at radius 1 is 1.06 bits per heavy atom. The van der Waals surface area contributed by atoms with Crippen LogP contribution in [0.2, 0.25) is 0 Å². The average molecular weight is 443 g/mol. The van der Waals surface area contributed by atoms with E-state index < -0.39 is 11.5 Å². The van der Waals surface area contributed by atoms with Crippen molar-refractivity contribution in [3.63, 3.8) is 0 Å². The Balaban J connectivity index is 1.55. The minimum Gasteiger partial charge on any atom is -0.497 e. The number of hydrogen-bond acceptors (Lipinski definition) is 5. The van der Waals surface area contributed by atoms with Crippen molar-refractivity contribution in [2.24, 2.45) is 0 Å². The first-order valence-corrected chi connectivity index (χ1v) is 10.1. The van der Waals surface area contributed by atoms with E-state index >= 15 is 0 Å². The van der Waals surface area contributed by atoms with Crippen molar-refractivity contribution in [2.75, 3.05) is 12.5 Å². The molecule has 0 saturated carbocycles. The molecule has 0 bridgehead atoms. The van der Waals surface area contributed by atoms with Gasteiger partial charge in [0, 0.05) is 23.5 Å². The number of fused-ring (bicyclic) bond motifs is 3. The Bertz CT molecular complexity index is 1570. The number of nitrogens with zero attached hydrogens (tertiary/aromatic N) is 4. The van der Waals surface area contributed by atoms with Gasteiger partial charge in [0.15, 0.2) is 5.65 Å². The molecule has 0 fully saturated rings. The molecule has 3 aromatic heterocycles. The number of amides is 1. The normalized spacial score (nSPS) is 11.1. The number of carbonyl (C=O) groups excluding carboxylic acids is 1. The van der Waals surface area contributed by atoms with E-state index in [2.05, 4.69) is 15.5 Å². The Morgan fingerprint density at radius 3 is 2.48 bits per heavy atom. The van der Waals surface area contributed by atoms with Crippen LogP contribution < -0.4 is 15.7 Å². The largest absolute Gasteiger partial charge is 0.497 e. The second-order valence-electron chi connectivity index (χ2n) is 7.42. The van der Waals surface area contributed by atoms with Gasteiger partial charge < -0.3 is 4.74 Å². The van der Waals surface area contributed by atoms with Crippen LogP contribution in [-0.2, 0) is 0 Å². The quantitative estimate of drug-likeness (QED) is 0.459. The fraction of sp³-hybridized carbons (Fsp3) is 0.0833. The molecule has 0 radical (unpaired) electrons. The van der Waals surface area contributed by atoms with Crippen molar-refractivity contribution in [3.8, 4) is 16.9 Å². The molecule has 1 amide bonds. The molecule has 0 unspecified atom stereocenters. The van der Waals surface area contributed by atoms with Crippen molar-refractivity contribution in [3.05, 3.63) is 94.4 Å². The fourth-order valence-corrected chi connectivity index (χ4v) is 3.73. The molecular weight excluding hydrogens is 425 g/mol. The number of carbonyl (C=O) groups is 1. The summed E-state index contributed by atoms with van der Waals surface area (Å²) in [5.41, 5.74) is 5.83. The van der Waals surface area contributed by atoms with Crippen molar-refractivity contribution < 1.29 is 13.9 Å². The Kier molecular flexibility index (Phi) is 4.86. The minimum atomic E-state index is -0.444. The highest BCUT2D eigenvalue weighted by Gasteiger charge is 2.17.